The van der Waals surface area contributed by atoms with Gasteiger partial charge in [-0.3, -0.25) is 0 Å². The molecule has 27 heavy (non-hydrogen) atoms. The van der Waals surface area contributed by atoms with Crippen molar-refractivity contribution in [1.82, 2.24) is 0 Å². The lowest BCUT2D eigenvalue weighted by Crippen LogP contribution is -2.05. The van der Waals surface area contributed by atoms with Crippen LogP contribution in [-0.4, -0.2) is 32.7 Å². The molecule has 2 aromatic carbocycles. The molecule has 0 spiro atoms. The average Bonchev–Trinajstić information content (AvgIpc) is 3.43. The molecule has 4 rings (SSSR count). The highest BCUT2D eigenvalue weighted by atomic mass is 32.2. The summed E-state index contributed by atoms with van der Waals surface area (Å²) in [6.45, 7) is 1.94. The number of rotatable bonds is 4. The largest absolute Gasteiger partial charge is 0.478 e. The number of aryl methyl sites for hydroxylation is 1. The van der Waals surface area contributed by atoms with Crippen LogP contribution in [0.25, 0.3) is 0 Å². The van der Waals surface area contributed by atoms with Crippen molar-refractivity contribution in [3.8, 4) is 0 Å². The molecule has 138 valence electrons. The molecule has 3 N–H and O–H groups in total. The highest BCUT2D eigenvalue weighted by Crippen LogP contribution is 2.44. The van der Waals surface area contributed by atoms with Crippen molar-refractivity contribution in [2.24, 2.45) is 0 Å². The van der Waals surface area contributed by atoms with Gasteiger partial charge in [0.1, 0.15) is 0 Å². The molecule has 1 saturated heterocycles. The van der Waals surface area contributed by atoms with E-state index in [9.17, 15) is 9.59 Å². The molecule has 0 amide bonds. The van der Waals surface area contributed by atoms with E-state index in [4.69, 9.17) is 10.2 Å². The number of nitrogens with one attached hydrogen (secondary N) is 1. The van der Waals surface area contributed by atoms with Gasteiger partial charge in [-0.2, -0.15) is 0 Å². The van der Waals surface area contributed by atoms with Gasteiger partial charge in [0.25, 0.3) is 0 Å². The minimum atomic E-state index is -1.11. The Bertz CT molecular complexity index is 902. The molecule has 1 fully saturated rings. The Kier molecular flexibility index (Phi) is 5.66. The van der Waals surface area contributed by atoms with E-state index in [-0.39, 0.29) is 16.8 Å². The zero-order valence-corrected chi connectivity index (χ0v) is 15.4. The molecule has 6 heteroatoms. The zero-order chi connectivity index (χ0) is 19.4. The summed E-state index contributed by atoms with van der Waals surface area (Å²) in [5.41, 5.74) is 2.08. The summed E-state index contributed by atoms with van der Waals surface area (Å²) in [5, 5.41) is 22.7. The van der Waals surface area contributed by atoms with E-state index in [0.29, 0.717) is 5.69 Å². The van der Waals surface area contributed by atoms with Crippen LogP contribution in [-0.2, 0) is 0 Å². The Hall–Kier alpha value is -2.99. The minimum absolute atomic E-state index is 0.0237. The maximum absolute atomic E-state index is 11.2. The van der Waals surface area contributed by atoms with Gasteiger partial charge in [-0.25, -0.2) is 9.59 Å². The summed E-state index contributed by atoms with van der Waals surface area (Å²) in [7, 11) is 0. The van der Waals surface area contributed by atoms with Crippen molar-refractivity contribution in [2.45, 2.75) is 17.4 Å². The number of thioether (sulfide) groups is 1. The van der Waals surface area contributed by atoms with Crippen molar-refractivity contribution >= 4 is 35.1 Å². The summed E-state index contributed by atoms with van der Waals surface area (Å²) in [6.07, 6.45) is 8.77. The first-order valence-corrected chi connectivity index (χ1v) is 9.33. The van der Waals surface area contributed by atoms with Crippen LogP contribution in [0.15, 0.2) is 66.8 Å². The molecule has 0 radical (unpaired) electrons. The van der Waals surface area contributed by atoms with Gasteiger partial charge in [0.15, 0.2) is 0 Å². The zero-order valence-electron chi connectivity index (χ0n) is 14.6. The molecule has 1 aliphatic carbocycles. The molecular formula is C21H19NO4S. The van der Waals surface area contributed by atoms with Crippen LogP contribution in [0.4, 0.5) is 11.4 Å². The van der Waals surface area contributed by atoms with E-state index in [1.54, 1.807) is 12.1 Å². The van der Waals surface area contributed by atoms with Crippen LogP contribution >= 0.6 is 11.8 Å². The van der Waals surface area contributed by atoms with Gasteiger partial charge in [0, 0.05) is 16.2 Å². The monoisotopic (exact) mass is 381 g/mol. The smallest absolute Gasteiger partial charge is 0.337 e. The van der Waals surface area contributed by atoms with Crippen LogP contribution in [0.1, 0.15) is 26.3 Å². The van der Waals surface area contributed by atoms with Crippen molar-refractivity contribution < 1.29 is 19.8 Å². The fourth-order valence-electron chi connectivity index (χ4n) is 2.55. The third-order valence-electron chi connectivity index (χ3n) is 4.10. The van der Waals surface area contributed by atoms with Crippen LogP contribution in [0.3, 0.4) is 0 Å². The topological polar surface area (TPSA) is 86.6 Å². The number of carboxylic acids is 2. The van der Waals surface area contributed by atoms with E-state index >= 15 is 0 Å². The summed E-state index contributed by atoms with van der Waals surface area (Å²) < 4.78 is 0. The number of benzene rings is 2. The number of carbonyl (C=O) groups is 2. The van der Waals surface area contributed by atoms with E-state index in [2.05, 4.69) is 29.6 Å². The first kappa shape index (κ1) is 18.8. The van der Waals surface area contributed by atoms with Gasteiger partial charge >= 0.3 is 11.9 Å². The molecule has 2 unspecified atom stereocenters. The minimum Gasteiger partial charge on any atom is -0.478 e. The third-order valence-corrected chi connectivity index (χ3v) is 5.32. The maximum atomic E-state index is 11.2. The first-order valence-electron chi connectivity index (χ1n) is 8.39. The third kappa shape index (κ3) is 5.01. The molecular weight excluding hydrogens is 362 g/mol. The van der Waals surface area contributed by atoms with Gasteiger partial charge in [0.05, 0.1) is 16.8 Å². The number of carboxylic acid groups (broad SMARTS) is 2. The fraction of sp³-hybridized carbons (Fsp3) is 0.143. The predicted molar refractivity (Wildman–Crippen MR) is 108 cm³/mol. The van der Waals surface area contributed by atoms with E-state index in [1.165, 1.54) is 18.2 Å². The van der Waals surface area contributed by atoms with Crippen LogP contribution < -0.4 is 5.32 Å². The SMILES string of the molecule is C1=CC2SC2C=C1.Cc1ccc(Nc2cc(C(=O)O)ccc2C(=O)O)cc1. The Morgan fingerprint density at radius 2 is 1.56 bits per heavy atom. The predicted octanol–water partition coefficient (Wildman–Crippen LogP) is 4.73. The van der Waals surface area contributed by atoms with E-state index < -0.39 is 11.9 Å². The summed E-state index contributed by atoms with van der Waals surface area (Å²) in [6, 6.07) is 11.2. The quantitative estimate of drug-likeness (QED) is 0.664. The molecule has 1 aliphatic heterocycles. The van der Waals surface area contributed by atoms with Crippen LogP contribution in [0.5, 0.6) is 0 Å². The van der Waals surface area contributed by atoms with E-state index in [0.717, 1.165) is 16.1 Å². The fourth-order valence-corrected chi connectivity index (χ4v) is 3.37. The number of allylic oxidation sites excluding steroid dienone is 2. The lowest BCUT2D eigenvalue weighted by Gasteiger charge is -2.11. The normalized spacial score (nSPS) is 18.7. The number of hydrogen-bond donors (Lipinski definition) is 3. The molecule has 1 heterocycles. The first-order chi connectivity index (χ1) is 12.9. The molecule has 2 atom stereocenters. The van der Waals surface area contributed by atoms with Gasteiger partial charge in [0.2, 0.25) is 0 Å². The molecule has 0 bridgehead atoms. The van der Waals surface area contributed by atoms with Gasteiger partial charge in [-0.15, -0.1) is 11.8 Å². The van der Waals surface area contributed by atoms with E-state index in [1.807, 2.05) is 30.8 Å². The second-order valence-corrected chi connectivity index (χ2v) is 7.56. The number of anilines is 2. The standard InChI is InChI=1S/C15H13NO4.C6H6S/c1-9-2-5-11(6-3-9)16-13-8-10(14(17)18)4-7-12(13)15(19)20;1-2-4-6-5(3-1)7-6/h2-8,16H,1H3,(H,17,18)(H,19,20);1-6H. The van der Waals surface area contributed by atoms with Crippen LogP contribution in [0.2, 0.25) is 0 Å². The summed E-state index contributed by atoms with van der Waals surface area (Å²) in [5.74, 6) is -2.22. The lowest BCUT2D eigenvalue weighted by atomic mass is 10.1. The van der Waals surface area contributed by atoms with Crippen molar-refractivity contribution in [3.05, 3.63) is 83.5 Å². The number of fused-ring (bicyclic) bond motifs is 1. The molecule has 0 saturated carbocycles. The lowest BCUT2D eigenvalue weighted by molar-refractivity contribution is 0.0682. The molecule has 2 aliphatic rings. The highest BCUT2D eigenvalue weighted by molar-refractivity contribution is 8.08. The summed E-state index contributed by atoms with van der Waals surface area (Å²) in [4.78, 5) is 22.1. The second kappa shape index (κ2) is 8.14. The van der Waals surface area contributed by atoms with Crippen molar-refractivity contribution in [2.75, 3.05) is 5.32 Å². The van der Waals surface area contributed by atoms with Gasteiger partial charge in [-0.05, 0) is 37.3 Å². The number of aromatic carboxylic acids is 2. The second-order valence-electron chi connectivity index (χ2n) is 6.20. The molecule has 5 nitrogen and oxygen atoms in total. The average molecular weight is 381 g/mol. The molecule has 2 aromatic rings. The Morgan fingerprint density at radius 1 is 0.926 bits per heavy atom. The van der Waals surface area contributed by atoms with Gasteiger partial charge < -0.3 is 15.5 Å². The highest BCUT2D eigenvalue weighted by Gasteiger charge is 2.34. The van der Waals surface area contributed by atoms with Crippen LogP contribution in [0, 0.1) is 6.92 Å². The Balaban J connectivity index is 0.000000246. The van der Waals surface area contributed by atoms with Crippen molar-refractivity contribution in [1.29, 1.82) is 0 Å². The Morgan fingerprint density at radius 3 is 2.07 bits per heavy atom. The maximum Gasteiger partial charge on any atom is 0.337 e. The summed E-state index contributed by atoms with van der Waals surface area (Å²) >= 11 is 2.03. The molecule has 0 aromatic heterocycles. The van der Waals surface area contributed by atoms with Gasteiger partial charge in [-0.1, -0.05) is 42.0 Å². The number of hydrogen-bond acceptors (Lipinski definition) is 4. The Labute approximate surface area is 161 Å². The van der Waals surface area contributed by atoms with Crippen molar-refractivity contribution in [3.63, 3.8) is 0 Å².